The first-order valence-corrected chi connectivity index (χ1v) is 13.8. The molecule has 1 aliphatic heterocycles. The summed E-state index contributed by atoms with van der Waals surface area (Å²) in [5.41, 5.74) is 3.99. The summed E-state index contributed by atoms with van der Waals surface area (Å²) in [7, 11) is 0. The molecule has 0 amide bonds. The summed E-state index contributed by atoms with van der Waals surface area (Å²) in [6, 6.07) is 6.78. The number of benzene rings is 1. The zero-order valence-corrected chi connectivity index (χ0v) is 24.4. The summed E-state index contributed by atoms with van der Waals surface area (Å²) in [4.78, 5) is 32.0. The van der Waals surface area contributed by atoms with Crippen LogP contribution in [0.15, 0.2) is 55.2 Å². The summed E-state index contributed by atoms with van der Waals surface area (Å²) in [5.74, 6) is -0.771. The highest BCUT2D eigenvalue weighted by Crippen LogP contribution is 2.34. The number of hydrogen-bond donors (Lipinski definition) is 2. The molecule has 0 spiro atoms. The molecule has 0 aliphatic carbocycles. The number of anilines is 1. The normalized spacial score (nSPS) is 17.1. The number of halogens is 1. The third-order valence-corrected chi connectivity index (χ3v) is 7.32. The number of H-pyrrole nitrogens is 1. The van der Waals surface area contributed by atoms with Gasteiger partial charge < -0.3 is 19.2 Å². The predicted molar refractivity (Wildman–Crippen MR) is 155 cm³/mol. The highest BCUT2D eigenvalue weighted by molar-refractivity contribution is 6.29. The van der Waals surface area contributed by atoms with Crippen molar-refractivity contribution in [2.24, 2.45) is 0 Å². The number of fused-ring (bicyclic) bond motifs is 1. The van der Waals surface area contributed by atoms with Gasteiger partial charge >= 0.3 is 5.76 Å². The van der Waals surface area contributed by atoms with Crippen LogP contribution in [0.2, 0.25) is 5.15 Å². The van der Waals surface area contributed by atoms with Crippen molar-refractivity contribution < 1.29 is 18.4 Å². The van der Waals surface area contributed by atoms with Crippen LogP contribution in [0.25, 0.3) is 33.8 Å². The largest absolute Gasteiger partial charge is 0.455 e. The highest BCUT2D eigenvalue weighted by atomic mass is 35.5. The Morgan fingerprint density at radius 1 is 1.24 bits per heavy atom. The Morgan fingerprint density at radius 3 is 2.76 bits per heavy atom. The SMILES string of the molecule is Cc1cc(C(C)Nc2ccc(Cl)nc2-c2noc(=O)[nH]2)c2oc(-c3cnn(CC4COC(C)(C)O4)c3)c(C)c(=O)c2c1. The summed E-state index contributed by atoms with van der Waals surface area (Å²) >= 11 is 6.14. The standard InChI is InChI=1S/C29H29ClN6O6/c1-14-8-19(16(3)32-21-6-7-22(30)33-23(21)27-34-28(38)42-35-27)26-20(9-14)24(37)15(2)25(40-26)17-10-31-36(11-17)12-18-13-39-29(4,5)41-18/h6-11,16,18,32H,12-13H2,1-5H3,(H,34,35,38). The molecule has 6 rings (SSSR count). The van der Waals surface area contributed by atoms with Gasteiger partial charge in [-0.1, -0.05) is 22.8 Å². The first-order chi connectivity index (χ1) is 20.0. The number of nitrogens with zero attached hydrogens (tertiary/aromatic N) is 4. The summed E-state index contributed by atoms with van der Waals surface area (Å²) in [6.07, 6.45) is 3.38. The number of hydrogen-bond acceptors (Lipinski definition) is 10. The van der Waals surface area contributed by atoms with Crippen LogP contribution in [0.3, 0.4) is 0 Å². The predicted octanol–water partition coefficient (Wildman–Crippen LogP) is 4.99. The van der Waals surface area contributed by atoms with Crippen LogP contribution >= 0.6 is 11.6 Å². The van der Waals surface area contributed by atoms with Crippen molar-refractivity contribution in [2.45, 2.75) is 59.1 Å². The van der Waals surface area contributed by atoms with Crippen molar-refractivity contribution in [3.05, 3.63) is 79.3 Å². The van der Waals surface area contributed by atoms with Gasteiger partial charge in [-0.15, -0.1) is 0 Å². The van der Waals surface area contributed by atoms with Gasteiger partial charge in [0, 0.05) is 17.3 Å². The minimum absolute atomic E-state index is 0.126. The maximum Gasteiger partial charge on any atom is 0.439 e. The van der Waals surface area contributed by atoms with Gasteiger partial charge in [0.05, 0.1) is 42.0 Å². The lowest BCUT2D eigenvalue weighted by atomic mass is 9.99. The van der Waals surface area contributed by atoms with E-state index < -0.39 is 11.5 Å². The second kappa shape index (κ2) is 10.5. The van der Waals surface area contributed by atoms with Crippen molar-refractivity contribution >= 4 is 28.3 Å². The molecule has 0 saturated carbocycles. The van der Waals surface area contributed by atoms with Crippen molar-refractivity contribution in [2.75, 3.05) is 11.9 Å². The molecular weight excluding hydrogens is 564 g/mol. The van der Waals surface area contributed by atoms with E-state index in [0.29, 0.717) is 52.4 Å². The van der Waals surface area contributed by atoms with E-state index >= 15 is 0 Å². The average Bonchev–Trinajstić information content (AvgIpc) is 3.67. The second-order valence-electron chi connectivity index (χ2n) is 10.9. The van der Waals surface area contributed by atoms with E-state index in [9.17, 15) is 9.59 Å². The topological polar surface area (TPSA) is 150 Å². The van der Waals surface area contributed by atoms with E-state index in [1.807, 2.05) is 46.0 Å². The van der Waals surface area contributed by atoms with Crippen LogP contribution in [-0.2, 0) is 16.0 Å². The second-order valence-corrected chi connectivity index (χ2v) is 11.2. The molecule has 1 aliphatic rings. The molecule has 2 atom stereocenters. The van der Waals surface area contributed by atoms with Crippen LogP contribution in [0, 0.1) is 13.8 Å². The molecule has 0 bridgehead atoms. The molecule has 2 unspecified atom stereocenters. The minimum Gasteiger partial charge on any atom is -0.455 e. The van der Waals surface area contributed by atoms with Gasteiger partial charge in [0.2, 0.25) is 5.82 Å². The van der Waals surface area contributed by atoms with Crippen molar-refractivity contribution in [1.29, 1.82) is 0 Å². The Balaban J connectivity index is 1.37. The van der Waals surface area contributed by atoms with E-state index in [4.69, 9.17) is 25.5 Å². The average molecular weight is 593 g/mol. The van der Waals surface area contributed by atoms with Crippen molar-refractivity contribution in [1.82, 2.24) is 24.9 Å². The molecule has 218 valence electrons. The van der Waals surface area contributed by atoms with E-state index in [1.165, 1.54) is 0 Å². The van der Waals surface area contributed by atoms with Gasteiger partial charge in [-0.25, -0.2) is 9.78 Å². The lowest BCUT2D eigenvalue weighted by Gasteiger charge is -2.19. The third-order valence-electron chi connectivity index (χ3n) is 7.11. The summed E-state index contributed by atoms with van der Waals surface area (Å²) in [5, 5.41) is 12.3. The zero-order chi connectivity index (χ0) is 29.8. The van der Waals surface area contributed by atoms with E-state index in [-0.39, 0.29) is 28.6 Å². The summed E-state index contributed by atoms with van der Waals surface area (Å²) in [6.45, 7) is 10.3. The molecule has 5 aromatic rings. The number of aromatic nitrogens is 5. The highest BCUT2D eigenvalue weighted by Gasteiger charge is 2.33. The van der Waals surface area contributed by atoms with Gasteiger partial charge in [-0.05, 0) is 58.4 Å². The maximum absolute atomic E-state index is 13.6. The monoisotopic (exact) mass is 592 g/mol. The van der Waals surface area contributed by atoms with E-state index in [2.05, 4.69) is 30.1 Å². The Kier molecular flexibility index (Phi) is 7.00. The Bertz CT molecular complexity index is 1920. The first kappa shape index (κ1) is 27.9. The molecule has 42 heavy (non-hydrogen) atoms. The molecule has 0 radical (unpaired) electrons. The van der Waals surface area contributed by atoms with Crippen LogP contribution in [-0.4, -0.2) is 43.4 Å². The van der Waals surface area contributed by atoms with E-state index in [0.717, 1.165) is 11.1 Å². The molecule has 4 aromatic heterocycles. The lowest BCUT2D eigenvalue weighted by Crippen LogP contribution is -2.24. The number of aromatic amines is 1. The van der Waals surface area contributed by atoms with Gasteiger partial charge in [-0.2, -0.15) is 5.10 Å². The number of pyridine rings is 1. The number of aryl methyl sites for hydroxylation is 1. The fourth-order valence-corrected chi connectivity index (χ4v) is 5.33. The molecule has 1 aromatic carbocycles. The Hall–Kier alpha value is -4.26. The van der Waals surface area contributed by atoms with Crippen molar-refractivity contribution in [3.63, 3.8) is 0 Å². The molecule has 2 N–H and O–H groups in total. The lowest BCUT2D eigenvalue weighted by molar-refractivity contribution is -0.139. The van der Waals surface area contributed by atoms with Crippen LogP contribution in [0.1, 0.15) is 43.5 Å². The third kappa shape index (κ3) is 5.36. The van der Waals surface area contributed by atoms with Gasteiger partial charge in [-0.3, -0.25) is 19.0 Å². The quantitative estimate of drug-likeness (QED) is 0.247. The smallest absolute Gasteiger partial charge is 0.439 e. The molecule has 12 nitrogen and oxygen atoms in total. The van der Waals surface area contributed by atoms with Gasteiger partial charge in [0.25, 0.3) is 0 Å². The maximum atomic E-state index is 13.6. The first-order valence-electron chi connectivity index (χ1n) is 13.4. The summed E-state index contributed by atoms with van der Waals surface area (Å²) < 4.78 is 24.5. The van der Waals surface area contributed by atoms with Crippen LogP contribution < -0.4 is 16.5 Å². The molecule has 5 heterocycles. The zero-order valence-electron chi connectivity index (χ0n) is 23.6. The number of ether oxygens (including phenoxy) is 2. The molecule has 1 saturated heterocycles. The molecular formula is C29H29ClN6O6. The van der Waals surface area contributed by atoms with Gasteiger partial charge in [0.1, 0.15) is 28.3 Å². The number of nitrogens with one attached hydrogen (secondary N) is 2. The molecule has 1 fully saturated rings. The molecule has 13 heteroatoms. The van der Waals surface area contributed by atoms with E-state index in [1.54, 1.807) is 29.9 Å². The Labute approximate surface area is 244 Å². The van der Waals surface area contributed by atoms with Gasteiger partial charge in [0.15, 0.2) is 11.2 Å². The van der Waals surface area contributed by atoms with Crippen molar-refractivity contribution in [3.8, 4) is 22.8 Å². The van der Waals surface area contributed by atoms with Crippen LogP contribution in [0.4, 0.5) is 5.69 Å². The fourth-order valence-electron chi connectivity index (χ4n) is 5.18. The Morgan fingerprint density at radius 2 is 2.05 bits per heavy atom. The fraction of sp³-hybridized carbons (Fsp3) is 0.345. The number of rotatable bonds is 7. The minimum atomic E-state index is -0.712. The van der Waals surface area contributed by atoms with Crippen LogP contribution in [0.5, 0.6) is 0 Å².